The zero-order valence-electron chi connectivity index (χ0n) is 19.9. The third-order valence-electron chi connectivity index (χ3n) is 5.08. The van der Waals surface area contributed by atoms with Crippen molar-refractivity contribution in [3.8, 4) is 23.5 Å². The van der Waals surface area contributed by atoms with Gasteiger partial charge >= 0.3 is 17.9 Å². The van der Waals surface area contributed by atoms with E-state index in [1.54, 1.807) is 0 Å². The van der Waals surface area contributed by atoms with Crippen LogP contribution in [0.2, 0.25) is 5.02 Å². The molecule has 4 aromatic rings. The van der Waals surface area contributed by atoms with Crippen LogP contribution in [0.15, 0.2) is 53.8 Å². The lowest BCUT2D eigenvalue weighted by molar-refractivity contribution is -0.140. The highest BCUT2D eigenvalue weighted by Crippen LogP contribution is 2.35. The van der Waals surface area contributed by atoms with Crippen molar-refractivity contribution in [3.63, 3.8) is 0 Å². The Morgan fingerprint density at radius 1 is 0.974 bits per heavy atom. The van der Waals surface area contributed by atoms with Gasteiger partial charge in [-0.3, -0.25) is 4.57 Å². The van der Waals surface area contributed by atoms with Crippen molar-refractivity contribution in [1.29, 1.82) is 0 Å². The number of rotatable bonds is 9. The molecule has 3 heterocycles. The highest BCUT2D eigenvalue weighted by molar-refractivity contribution is 6.31. The fourth-order valence-electron chi connectivity index (χ4n) is 3.23. The van der Waals surface area contributed by atoms with Gasteiger partial charge in [-0.15, -0.1) is 0 Å². The smallest absolute Gasteiger partial charge is 0.419 e. The number of nitrogens with zero attached hydrogens (tertiary/aromatic N) is 5. The van der Waals surface area contributed by atoms with Crippen molar-refractivity contribution in [2.24, 2.45) is 0 Å². The summed E-state index contributed by atoms with van der Waals surface area (Å²) in [5.41, 5.74) is -1.25. The molecule has 0 amide bonds. The number of methoxy groups -OCH3 is 1. The van der Waals surface area contributed by atoms with E-state index in [9.17, 15) is 26.7 Å². The van der Waals surface area contributed by atoms with Gasteiger partial charge in [-0.25, -0.2) is 28.5 Å². The minimum atomic E-state index is -4.95. The SMILES string of the molecule is COc1ncc(Cn2cc(Cl)c(OCCc3cnc(Oc4ccc(F)c(C(F)(F)F)c4)c(F)c3)nc2=O)cn1. The predicted molar refractivity (Wildman–Crippen MR) is 126 cm³/mol. The number of aromatic nitrogens is 5. The molecule has 0 aliphatic rings. The summed E-state index contributed by atoms with van der Waals surface area (Å²) in [6.45, 7) is 0.0430. The van der Waals surface area contributed by atoms with Crippen LogP contribution in [-0.2, 0) is 19.1 Å². The number of hydrogen-bond acceptors (Lipinski definition) is 8. The van der Waals surface area contributed by atoms with Crippen LogP contribution < -0.4 is 19.9 Å². The van der Waals surface area contributed by atoms with Crippen LogP contribution in [0, 0.1) is 11.6 Å². The lowest BCUT2D eigenvalue weighted by Gasteiger charge is -2.12. The standard InChI is InChI=1S/C24H17ClF5N5O4/c1-37-22-32-9-14(10-33-22)11-35-12-17(25)20(34-23(35)36)38-5-4-13-6-19(27)21(31-8-13)39-15-2-3-18(26)16(7-15)24(28,29)30/h2-3,6-10,12H,4-5,11H2,1H3. The summed E-state index contributed by atoms with van der Waals surface area (Å²) in [5.74, 6) is -3.63. The van der Waals surface area contributed by atoms with Crippen molar-refractivity contribution < 1.29 is 36.2 Å². The summed E-state index contributed by atoms with van der Waals surface area (Å²) in [7, 11) is 1.42. The van der Waals surface area contributed by atoms with Gasteiger partial charge in [-0.05, 0) is 29.8 Å². The molecule has 0 radical (unpaired) electrons. The monoisotopic (exact) mass is 569 g/mol. The van der Waals surface area contributed by atoms with Gasteiger partial charge in [0.1, 0.15) is 16.6 Å². The molecule has 9 nitrogen and oxygen atoms in total. The molecule has 0 spiro atoms. The van der Waals surface area contributed by atoms with Gasteiger partial charge in [-0.2, -0.15) is 18.2 Å². The maximum absolute atomic E-state index is 14.5. The second-order valence-electron chi connectivity index (χ2n) is 7.85. The molecule has 204 valence electrons. The quantitative estimate of drug-likeness (QED) is 0.264. The molecule has 0 atom stereocenters. The normalized spacial score (nSPS) is 11.4. The zero-order chi connectivity index (χ0) is 28.2. The minimum Gasteiger partial charge on any atom is -0.476 e. The Labute approximate surface area is 221 Å². The van der Waals surface area contributed by atoms with Gasteiger partial charge < -0.3 is 14.2 Å². The van der Waals surface area contributed by atoms with Gasteiger partial charge in [-0.1, -0.05) is 11.6 Å². The minimum absolute atomic E-state index is 0.0506. The molecule has 0 saturated heterocycles. The molecule has 0 unspecified atom stereocenters. The Balaban J connectivity index is 1.37. The molecule has 15 heteroatoms. The van der Waals surface area contributed by atoms with E-state index in [0.717, 1.165) is 12.1 Å². The summed E-state index contributed by atoms with van der Waals surface area (Å²) in [4.78, 5) is 27.9. The Bertz CT molecular complexity index is 1530. The van der Waals surface area contributed by atoms with Gasteiger partial charge in [0.25, 0.3) is 5.88 Å². The van der Waals surface area contributed by atoms with Crippen molar-refractivity contribution in [3.05, 3.63) is 92.9 Å². The van der Waals surface area contributed by atoms with Crippen molar-refractivity contribution >= 4 is 11.6 Å². The first-order valence-electron chi connectivity index (χ1n) is 11.0. The third-order valence-corrected chi connectivity index (χ3v) is 5.34. The Morgan fingerprint density at radius 2 is 1.69 bits per heavy atom. The van der Waals surface area contributed by atoms with E-state index in [2.05, 4.69) is 19.9 Å². The highest BCUT2D eigenvalue weighted by atomic mass is 35.5. The summed E-state index contributed by atoms with van der Waals surface area (Å²) in [6.07, 6.45) is 0.694. The van der Waals surface area contributed by atoms with Crippen molar-refractivity contribution in [2.45, 2.75) is 19.1 Å². The van der Waals surface area contributed by atoms with Gasteiger partial charge in [0.15, 0.2) is 5.82 Å². The highest BCUT2D eigenvalue weighted by Gasteiger charge is 2.34. The van der Waals surface area contributed by atoms with E-state index in [1.165, 1.54) is 36.5 Å². The maximum atomic E-state index is 14.5. The first-order chi connectivity index (χ1) is 18.5. The van der Waals surface area contributed by atoms with Crippen molar-refractivity contribution in [1.82, 2.24) is 24.5 Å². The number of halogens is 6. The molecule has 0 aliphatic heterocycles. The van der Waals surface area contributed by atoms with E-state index in [1.807, 2.05) is 0 Å². The van der Waals surface area contributed by atoms with E-state index < -0.39 is 40.7 Å². The van der Waals surface area contributed by atoms with Gasteiger partial charge in [0, 0.05) is 36.8 Å². The summed E-state index contributed by atoms with van der Waals surface area (Å²) in [6, 6.07) is 3.11. The average Bonchev–Trinajstić information content (AvgIpc) is 2.89. The summed E-state index contributed by atoms with van der Waals surface area (Å²) >= 11 is 6.19. The molecule has 0 fully saturated rings. The molecule has 0 bridgehead atoms. The van der Waals surface area contributed by atoms with Crippen LogP contribution in [0.1, 0.15) is 16.7 Å². The van der Waals surface area contributed by atoms with Crippen LogP contribution in [0.3, 0.4) is 0 Å². The molecule has 4 rings (SSSR count). The van der Waals surface area contributed by atoms with Crippen LogP contribution in [0.4, 0.5) is 22.0 Å². The molecule has 3 aromatic heterocycles. The lowest BCUT2D eigenvalue weighted by atomic mass is 10.2. The molecule has 0 aliphatic carbocycles. The van der Waals surface area contributed by atoms with Gasteiger partial charge in [0.2, 0.25) is 5.88 Å². The molecular weight excluding hydrogens is 553 g/mol. The molecular formula is C24H17ClF5N5O4. The fraction of sp³-hybridized carbons (Fsp3) is 0.208. The number of hydrogen-bond donors (Lipinski definition) is 0. The van der Waals surface area contributed by atoms with Crippen molar-refractivity contribution in [2.75, 3.05) is 13.7 Å². The number of pyridine rings is 1. The molecule has 39 heavy (non-hydrogen) atoms. The topological polar surface area (TPSA) is 101 Å². The van der Waals surface area contributed by atoms with E-state index in [0.29, 0.717) is 23.3 Å². The third kappa shape index (κ3) is 6.96. The van der Waals surface area contributed by atoms with Crippen LogP contribution >= 0.6 is 11.6 Å². The molecule has 0 N–H and O–H groups in total. The maximum Gasteiger partial charge on any atom is 0.419 e. The van der Waals surface area contributed by atoms with Crippen LogP contribution in [0.5, 0.6) is 23.5 Å². The summed E-state index contributed by atoms with van der Waals surface area (Å²) in [5, 5.41) is 0.0506. The second-order valence-corrected chi connectivity index (χ2v) is 8.26. The Kier molecular flexibility index (Phi) is 8.24. The van der Waals surface area contributed by atoms with E-state index in [4.69, 9.17) is 25.8 Å². The fourth-order valence-corrected chi connectivity index (χ4v) is 3.45. The predicted octanol–water partition coefficient (Wildman–Crippen LogP) is 4.85. The zero-order valence-corrected chi connectivity index (χ0v) is 20.6. The number of alkyl halides is 3. The van der Waals surface area contributed by atoms with Crippen LogP contribution in [0.25, 0.3) is 0 Å². The van der Waals surface area contributed by atoms with Gasteiger partial charge in [0.05, 0.1) is 25.8 Å². The first-order valence-corrected chi connectivity index (χ1v) is 11.3. The second kappa shape index (κ2) is 11.6. The Hall–Kier alpha value is -4.33. The Morgan fingerprint density at radius 3 is 2.36 bits per heavy atom. The van der Waals surface area contributed by atoms with Crippen LogP contribution in [-0.4, -0.2) is 38.2 Å². The largest absolute Gasteiger partial charge is 0.476 e. The van der Waals surface area contributed by atoms with E-state index in [-0.39, 0.29) is 36.5 Å². The number of ether oxygens (including phenoxy) is 3. The molecule has 1 aromatic carbocycles. The summed E-state index contributed by atoms with van der Waals surface area (Å²) < 4.78 is 83.2. The number of benzene rings is 1. The molecule has 0 saturated carbocycles. The first kappa shape index (κ1) is 27.7. The van der Waals surface area contributed by atoms with E-state index >= 15 is 0 Å². The lowest BCUT2D eigenvalue weighted by Crippen LogP contribution is -2.24. The average molecular weight is 570 g/mol.